The van der Waals surface area contributed by atoms with E-state index >= 15 is 0 Å². The van der Waals surface area contributed by atoms with Crippen molar-refractivity contribution in [3.8, 4) is 0 Å². The summed E-state index contributed by atoms with van der Waals surface area (Å²) in [5, 5.41) is 10.00. The van der Waals surface area contributed by atoms with Crippen molar-refractivity contribution in [2.45, 2.75) is 6.92 Å². The Morgan fingerprint density at radius 1 is 1.47 bits per heavy atom. The maximum atomic E-state index is 11.0. The van der Waals surface area contributed by atoms with E-state index in [0.717, 1.165) is 16.5 Å². The number of aromatic carboxylic acids is 1. The lowest BCUT2D eigenvalue weighted by molar-refractivity contribution is 0.0686. The van der Waals surface area contributed by atoms with Crippen molar-refractivity contribution in [3.63, 3.8) is 0 Å². The fraction of sp³-hybridized carbons (Fsp3) is 0.182. The minimum Gasteiger partial charge on any atom is -0.477 e. The monoisotopic (exact) mass is 267 g/mol. The summed E-state index contributed by atoms with van der Waals surface area (Å²) in [5.74, 6) is -0.918. The molecule has 0 saturated carbocycles. The number of nitrogens with zero attached hydrogens (tertiary/aromatic N) is 1. The zero-order valence-corrected chi connectivity index (χ0v) is 10.00. The predicted octanol–water partition coefficient (Wildman–Crippen LogP) is 2.95. The van der Waals surface area contributed by atoms with E-state index in [2.05, 4.69) is 15.9 Å². The molecule has 2 aromatic rings. The van der Waals surface area contributed by atoms with Crippen molar-refractivity contribution >= 4 is 32.8 Å². The Balaban J connectivity index is 2.91. The van der Waals surface area contributed by atoms with E-state index < -0.39 is 5.97 Å². The SMILES string of the molecule is Cc1ccc2c(Br)c(C(=O)O)n(C)c2c1. The summed E-state index contributed by atoms with van der Waals surface area (Å²) in [6, 6.07) is 5.88. The van der Waals surface area contributed by atoms with Crippen molar-refractivity contribution in [1.82, 2.24) is 4.57 Å². The van der Waals surface area contributed by atoms with Gasteiger partial charge in [0.15, 0.2) is 0 Å². The van der Waals surface area contributed by atoms with Gasteiger partial charge in [-0.3, -0.25) is 0 Å². The van der Waals surface area contributed by atoms with Crippen molar-refractivity contribution in [3.05, 3.63) is 33.9 Å². The van der Waals surface area contributed by atoms with Gasteiger partial charge in [-0.15, -0.1) is 0 Å². The van der Waals surface area contributed by atoms with E-state index in [1.165, 1.54) is 0 Å². The molecule has 2 rings (SSSR count). The second kappa shape index (κ2) is 3.38. The molecule has 78 valence electrons. The van der Waals surface area contributed by atoms with Crippen LogP contribution in [0.1, 0.15) is 16.1 Å². The Bertz CT molecular complexity index is 557. The molecule has 1 N–H and O–H groups in total. The Hall–Kier alpha value is -1.29. The molecule has 0 aliphatic carbocycles. The van der Waals surface area contributed by atoms with Crippen LogP contribution in [-0.2, 0) is 7.05 Å². The first-order chi connectivity index (χ1) is 7.02. The number of benzene rings is 1. The van der Waals surface area contributed by atoms with Crippen LogP contribution in [0.4, 0.5) is 0 Å². The highest BCUT2D eigenvalue weighted by molar-refractivity contribution is 9.10. The van der Waals surface area contributed by atoms with Crippen LogP contribution in [0.3, 0.4) is 0 Å². The molecule has 3 nitrogen and oxygen atoms in total. The summed E-state index contributed by atoms with van der Waals surface area (Å²) in [6.45, 7) is 1.99. The standard InChI is InChI=1S/C11H10BrNO2/c1-6-3-4-7-8(5-6)13(2)10(9(7)12)11(14)15/h3-5H,1-2H3,(H,14,15). The van der Waals surface area contributed by atoms with Crippen LogP contribution in [0.25, 0.3) is 10.9 Å². The molecule has 0 fully saturated rings. The molecule has 0 bridgehead atoms. The fourth-order valence-electron chi connectivity index (χ4n) is 1.74. The van der Waals surface area contributed by atoms with E-state index in [1.807, 2.05) is 25.1 Å². The first-order valence-corrected chi connectivity index (χ1v) is 5.29. The lowest BCUT2D eigenvalue weighted by atomic mass is 10.2. The van der Waals surface area contributed by atoms with Gasteiger partial charge in [0.2, 0.25) is 0 Å². The van der Waals surface area contributed by atoms with Gasteiger partial charge in [-0.25, -0.2) is 4.79 Å². The van der Waals surface area contributed by atoms with Crippen molar-refractivity contribution in [1.29, 1.82) is 0 Å². The summed E-state index contributed by atoms with van der Waals surface area (Å²) in [4.78, 5) is 11.0. The Kier molecular flexibility index (Phi) is 2.31. The maximum absolute atomic E-state index is 11.0. The fourth-order valence-corrected chi connectivity index (χ4v) is 2.51. The number of halogens is 1. The highest BCUT2D eigenvalue weighted by atomic mass is 79.9. The van der Waals surface area contributed by atoms with Crippen molar-refractivity contribution in [2.75, 3.05) is 0 Å². The molecule has 1 heterocycles. The number of carbonyl (C=O) groups is 1. The average molecular weight is 268 g/mol. The zero-order valence-electron chi connectivity index (χ0n) is 8.41. The molecule has 0 radical (unpaired) electrons. The van der Waals surface area contributed by atoms with Gasteiger partial charge in [-0.05, 0) is 34.5 Å². The normalized spacial score (nSPS) is 10.9. The highest BCUT2D eigenvalue weighted by Gasteiger charge is 2.18. The molecule has 15 heavy (non-hydrogen) atoms. The third-order valence-electron chi connectivity index (χ3n) is 2.50. The zero-order chi connectivity index (χ0) is 11.2. The average Bonchev–Trinajstić information content (AvgIpc) is 2.39. The number of carboxylic acids is 1. The molecule has 4 heteroatoms. The topological polar surface area (TPSA) is 42.2 Å². The van der Waals surface area contributed by atoms with Crippen LogP contribution in [0, 0.1) is 6.92 Å². The van der Waals surface area contributed by atoms with Crippen molar-refractivity contribution < 1.29 is 9.90 Å². The summed E-state index contributed by atoms with van der Waals surface area (Å²) in [5.41, 5.74) is 2.34. The summed E-state index contributed by atoms with van der Waals surface area (Å²) in [7, 11) is 1.76. The second-order valence-electron chi connectivity index (χ2n) is 3.55. The first kappa shape index (κ1) is 10.2. The summed E-state index contributed by atoms with van der Waals surface area (Å²) >= 11 is 3.33. The van der Waals surface area contributed by atoms with E-state index in [9.17, 15) is 4.79 Å². The van der Waals surface area contributed by atoms with E-state index in [-0.39, 0.29) is 5.69 Å². The van der Waals surface area contributed by atoms with Gasteiger partial charge in [-0.2, -0.15) is 0 Å². The van der Waals surface area contributed by atoms with Crippen LogP contribution < -0.4 is 0 Å². The van der Waals surface area contributed by atoms with Crippen LogP contribution in [0.15, 0.2) is 22.7 Å². The number of carboxylic acid groups (broad SMARTS) is 1. The molecule has 0 atom stereocenters. The summed E-state index contributed by atoms with van der Waals surface area (Å²) in [6.07, 6.45) is 0. The van der Waals surface area contributed by atoms with Gasteiger partial charge in [0.1, 0.15) is 5.69 Å². The van der Waals surface area contributed by atoms with Gasteiger partial charge in [-0.1, -0.05) is 12.1 Å². The van der Waals surface area contributed by atoms with E-state index in [4.69, 9.17) is 5.11 Å². The van der Waals surface area contributed by atoms with Crippen LogP contribution >= 0.6 is 15.9 Å². The molecular weight excluding hydrogens is 258 g/mol. The molecule has 0 spiro atoms. The second-order valence-corrected chi connectivity index (χ2v) is 4.34. The number of fused-ring (bicyclic) bond motifs is 1. The Morgan fingerprint density at radius 2 is 2.13 bits per heavy atom. The Morgan fingerprint density at radius 3 is 2.73 bits per heavy atom. The first-order valence-electron chi connectivity index (χ1n) is 4.50. The maximum Gasteiger partial charge on any atom is 0.353 e. The predicted molar refractivity (Wildman–Crippen MR) is 62.3 cm³/mol. The van der Waals surface area contributed by atoms with Gasteiger partial charge in [0.05, 0.1) is 4.47 Å². The quantitative estimate of drug-likeness (QED) is 0.863. The molecule has 1 aromatic heterocycles. The minimum absolute atomic E-state index is 0.288. The minimum atomic E-state index is -0.918. The molecule has 0 saturated heterocycles. The van der Waals surface area contributed by atoms with Crippen molar-refractivity contribution in [2.24, 2.45) is 7.05 Å². The number of aromatic nitrogens is 1. The number of hydrogen-bond donors (Lipinski definition) is 1. The van der Waals surface area contributed by atoms with Gasteiger partial charge in [0.25, 0.3) is 0 Å². The molecular formula is C11H10BrNO2. The Labute approximate surface area is 95.5 Å². The molecule has 0 amide bonds. The molecule has 0 unspecified atom stereocenters. The molecule has 0 aliphatic rings. The highest BCUT2D eigenvalue weighted by Crippen LogP contribution is 2.30. The lowest BCUT2D eigenvalue weighted by Gasteiger charge is -1.99. The van der Waals surface area contributed by atoms with Gasteiger partial charge in [0, 0.05) is 18.0 Å². The number of hydrogen-bond acceptors (Lipinski definition) is 1. The van der Waals surface area contributed by atoms with Crippen LogP contribution in [0.5, 0.6) is 0 Å². The van der Waals surface area contributed by atoms with Crippen LogP contribution in [0.2, 0.25) is 0 Å². The van der Waals surface area contributed by atoms with Gasteiger partial charge < -0.3 is 9.67 Å². The largest absolute Gasteiger partial charge is 0.477 e. The smallest absolute Gasteiger partial charge is 0.353 e. The third-order valence-corrected chi connectivity index (χ3v) is 3.30. The van der Waals surface area contributed by atoms with Crippen LogP contribution in [-0.4, -0.2) is 15.6 Å². The third kappa shape index (κ3) is 1.45. The van der Waals surface area contributed by atoms with E-state index in [1.54, 1.807) is 11.6 Å². The molecule has 0 aliphatic heterocycles. The number of aryl methyl sites for hydroxylation is 2. The lowest BCUT2D eigenvalue weighted by Crippen LogP contribution is -2.04. The summed E-state index contributed by atoms with van der Waals surface area (Å²) < 4.78 is 2.34. The van der Waals surface area contributed by atoms with Gasteiger partial charge >= 0.3 is 5.97 Å². The van der Waals surface area contributed by atoms with E-state index in [0.29, 0.717) is 4.47 Å². The number of rotatable bonds is 1. The molecule has 1 aromatic carbocycles.